The zero-order chi connectivity index (χ0) is 21.3. The van der Waals surface area contributed by atoms with E-state index in [1.54, 1.807) is 7.05 Å². The number of nitrogens with one attached hydrogen (secondary N) is 2. The van der Waals surface area contributed by atoms with Gasteiger partial charge in [-0.3, -0.25) is 9.79 Å². The molecule has 1 aliphatic heterocycles. The lowest BCUT2D eigenvalue weighted by molar-refractivity contribution is -0.121. The zero-order valence-corrected chi connectivity index (χ0v) is 18.1. The van der Waals surface area contributed by atoms with Gasteiger partial charge in [-0.1, -0.05) is 54.1 Å². The van der Waals surface area contributed by atoms with Crippen molar-refractivity contribution in [3.8, 4) is 0 Å². The highest BCUT2D eigenvalue weighted by Crippen LogP contribution is 2.25. The lowest BCUT2D eigenvalue weighted by Gasteiger charge is -2.35. The minimum absolute atomic E-state index is 0.0204. The van der Waals surface area contributed by atoms with Crippen LogP contribution in [0.2, 0.25) is 0 Å². The topological polar surface area (TPSA) is 66.0 Å². The molecule has 0 bridgehead atoms. The van der Waals surface area contributed by atoms with Crippen LogP contribution in [0.1, 0.15) is 34.8 Å². The minimum Gasteiger partial charge on any atom is -0.370 e. The number of hydrogen-bond acceptors (Lipinski definition) is 3. The Morgan fingerprint density at radius 2 is 1.97 bits per heavy atom. The number of carbonyl (C=O) groups excluding carboxylic acids is 1. The number of morpholine rings is 1. The minimum atomic E-state index is 0.0204. The monoisotopic (exact) mass is 408 g/mol. The van der Waals surface area contributed by atoms with E-state index >= 15 is 0 Å². The molecule has 2 N–H and O–H groups in total. The van der Waals surface area contributed by atoms with Gasteiger partial charge in [-0.25, -0.2) is 0 Å². The number of hydrogen-bond donors (Lipinski definition) is 2. The molecule has 0 aromatic heterocycles. The average molecular weight is 409 g/mol. The fourth-order valence-corrected chi connectivity index (χ4v) is 3.72. The third-order valence-electron chi connectivity index (χ3n) is 5.32. The number of guanidine groups is 1. The lowest BCUT2D eigenvalue weighted by atomic mass is 10.00. The molecule has 0 radical (unpaired) electrons. The van der Waals surface area contributed by atoms with Crippen LogP contribution in [0.15, 0.2) is 53.5 Å². The van der Waals surface area contributed by atoms with Gasteiger partial charge in [0.25, 0.3) is 0 Å². The van der Waals surface area contributed by atoms with Crippen LogP contribution in [-0.4, -0.2) is 50.1 Å². The van der Waals surface area contributed by atoms with Crippen LogP contribution < -0.4 is 10.6 Å². The molecule has 0 spiro atoms. The molecule has 1 unspecified atom stereocenters. The third kappa shape index (κ3) is 6.07. The molecule has 6 nitrogen and oxygen atoms in total. The molecule has 1 saturated heterocycles. The van der Waals surface area contributed by atoms with E-state index in [1.807, 2.05) is 30.3 Å². The summed E-state index contributed by atoms with van der Waals surface area (Å²) in [6.45, 7) is 7.49. The van der Waals surface area contributed by atoms with Crippen LogP contribution in [0.3, 0.4) is 0 Å². The van der Waals surface area contributed by atoms with Crippen LogP contribution in [-0.2, 0) is 16.1 Å². The van der Waals surface area contributed by atoms with E-state index in [9.17, 15) is 4.79 Å². The first-order valence-electron chi connectivity index (χ1n) is 10.5. The summed E-state index contributed by atoms with van der Waals surface area (Å²) < 4.78 is 6.04. The Balaban J connectivity index is 1.47. The molecule has 1 atom stereocenters. The SMILES string of the molecule is CN=C(NCCC(=O)NCc1ccccc1)N1CCOC(c2ccc(C)cc2C)C1. The van der Waals surface area contributed by atoms with E-state index in [0.29, 0.717) is 26.1 Å². The first-order chi connectivity index (χ1) is 14.6. The highest BCUT2D eigenvalue weighted by Gasteiger charge is 2.25. The third-order valence-corrected chi connectivity index (χ3v) is 5.32. The van der Waals surface area contributed by atoms with E-state index < -0.39 is 0 Å². The Morgan fingerprint density at radius 3 is 2.70 bits per heavy atom. The van der Waals surface area contributed by atoms with Crippen molar-refractivity contribution in [3.63, 3.8) is 0 Å². The van der Waals surface area contributed by atoms with Crippen LogP contribution >= 0.6 is 0 Å². The van der Waals surface area contributed by atoms with Crippen LogP contribution in [0.25, 0.3) is 0 Å². The molecule has 160 valence electrons. The first-order valence-corrected chi connectivity index (χ1v) is 10.5. The zero-order valence-electron chi connectivity index (χ0n) is 18.1. The van der Waals surface area contributed by atoms with Gasteiger partial charge in [-0.05, 0) is 30.5 Å². The normalized spacial score (nSPS) is 17.0. The number of aryl methyl sites for hydroxylation is 2. The number of ether oxygens (including phenoxy) is 1. The summed E-state index contributed by atoms with van der Waals surface area (Å²) >= 11 is 0. The lowest BCUT2D eigenvalue weighted by Crippen LogP contribution is -2.48. The number of aliphatic imine (C=N–C) groups is 1. The van der Waals surface area contributed by atoms with Crippen molar-refractivity contribution >= 4 is 11.9 Å². The summed E-state index contributed by atoms with van der Waals surface area (Å²) in [6, 6.07) is 16.4. The van der Waals surface area contributed by atoms with Crippen molar-refractivity contribution in [2.75, 3.05) is 33.3 Å². The molecule has 1 amide bonds. The molecule has 3 rings (SSSR count). The van der Waals surface area contributed by atoms with Crippen molar-refractivity contribution in [1.82, 2.24) is 15.5 Å². The van der Waals surface area contributed by atoms with Crippen LogP contribution in [0.4, 0.5) is 0 Å². The molecule has 1 fully saturated rings. The second-order valence-electron chi connectivity index (χ2n) is 7.65. The largest absolute Gasteiger partial charge is 0.370 e. The van der Waals surface area contributed by atoms with Gasteiger partial charge in [0, 0.05) is 33.1 Å². The number of benzene rings is 2. The van der Waals surface area contributed by atoms with Gasteiger partial charge in [0.2, 0.25) is 5.91 Å². The van der Waals surface area contributed by atoms with Gasteiger partial charge in [-0.15, -0.1) is 0 Å². The molecule has 2 aromatic rings. The number of rotatable bonds is 6. The summed E-state index contributed by atoms with van der Waals surface area (Å²) in [5, 5.41) is 6.28. The number of carbonyl (C=O) groups is 1. The first kappa shape index (κ1) is 21.8. The van der Waals surface area contributed by atoms with Crippen molar-refractivity contribution in [2.24, 2.45) is 4.99 Å². The molecule has 30 heavy (non-hydrogen) atoms. The molecular weight excluding hydrogens is 376 g/mol. The average Bonchev–Trinajstić information content (AvgIpc) is 2.76. The summed E-state index contributed by atoms with van der Waals surface area (Å²) in [7, 11) is 1.78. The van der Waals surface area contributed by atoms with Crippen molar-refractivity contribution in [2.45, 2.75) is 32.9 Å². The highest BCUT2D eigenvalue weighted by molar-refractivity contribution is 5.81. The Labute approximate surface area is 179 Å². The molecule has 0 saturated carbocycles. The molecular formula is C24H32N4O2. The van der Waals surface area contributed by atoms with Gasteiger partial charge in [0.05, 0.1) is 13.2 Å². The quantitative estimate of drug-likeness (QED) is 0.570. The Bertz CT molecular complexity index is 867. The molecule has 1 heterocycles. The van der Waals surface area contributed by atoms with Crippen LogP contribution in [0, 0.1) is 13.8 Å². The van der Waals surface area contributed by atoms with E-state index in [1.165, 1.54) is 16.7 Å². The summed E-state index contributed by atoms with van der Waals surface area (Å²) in [5.74, 6) is 0.834. The summed E-state index contributed by atoms with van der Waals surface area (Å²) in [6.07, 6.45) is 0.420. The second kappa shape index (κ2) is 10.8. The van der Waals surface area contributed by atoms with E-state index in [4.69, 9.17) is 4.74 Å². The van der Waals surface area contributed by atoms with Crippen molar-refractivity contribution in [1.29, 1.82) is 0 Å². The standard InChI is InChI=1S/C24H32N4O2/c1-18-9-10-21(19(2)15-18)22-17-28(13-14-30-22)24(25-3)26-12-11-23(29)27-16-20-7-5-4-6-8-20/h4-10,15,22H,11-14,16-17H2,1-3H3,(H,25,26)(H,27,29). The van der Waals surface area contributed by atoms with E-state index in [-0.39, 0.29) is 12.0 Å². The maximum Gasteiger partial charge on any atom is 0.222 e. The van der Waals surface area contributed by atoms with Crippen LogP contribution in [0.5, 0.6) is 0 Å². The van der Waals surface area contributed by atoms with Gasteiger partial charge < -0.3 is 20.3 Å². The van der Waals surface area contributed by atoms with E-state index in [2.05, 4.69) is 52.6 Å². The Hall–Kier alpha value is -2.86. The predicted molar refractivity (Wildman–Crippen MR) is 120 cm³/mol. The number of amides is 1. The van der Waals surface area contributed by atoms with Gasteiger partial charge in [-0.2, -0.15) is 0 Å². The molecule has 6 heteroatoms. The predicted octanol–water partition coefficient (Wildman–Crippen LogP) is 2.96. The van der Waals surface area contributed by atoms with Crippen molar-refractivity contribution in [3.05, 3.63) is 70.8 Å². The Morgan fingerprint density at radius 1 is 1.17 bits per heavy atom. The second-order valence-corrected chi connectivity index (χ2v) is 7.65. The molecule has 2 aromatic carbocycles. The van der Waals surface area contributed by atoms with E-state index in [0.717, 1.165) is 24.6 Å². The number of nitrogens with zero attached hydrogens (tertiary/aromatic N) is 2. The smallest absolute Gasteiger partial charge is 0.222 e. The summed E-state index contributed by atoms with van der Waals surface area (Å²) in [5.41, 5.74) is 4.83. The maximum atomic E-state index is 12.1. The summed E-state index contributed by atoms with van der Waals surface area (Å²) in [4.78, 5) is 18.8. The molecule has 0 aliphatic carbocycles. The van der Waals surface area contributed by atoms with Gasteiger partial charge >= 0.3 is 0 Å². The van der Waals surface area contributed by atoms with Gasteiger partial charge in [0.15, 0.2) is 5.96 Å². The molecule has 1 aliphatic rings. The Kier molecular flexibility index (Phi) is 7.85. The fraction of sp³-hybridized carbons (Fsp3) is 0.417. The van der Waals surface area contributed by atoms with Crippen molar-refractivity contribution < 1.29 is 9.53 Å². The maximum absolute atomic E-state index is 12.1. The fourth-order valence-electron chi connectivity index (χ4n) is 3.72. The highest BCUT2D eigenvalue weighted by atomic mass is 16.5. The van der Waals surface area contributed by atoms with Gasteiger partial charge in [0.1, 0.15) is 6.10 Å².